The molecule has 0 saturated carbocycles. The lowest BCUT2D eigenvalue weighted by Gasteiger charge is -2.22. The molecule has 1 aromatic carbocycles. The molecular weight excluding hydrogens is 258 g/mol. The molecule has 1 heterocycles. The first-order chi connectivity index (χ1) is 9.95. The van der Waals surface area contributed by atoms with E-state index in [1.54, 1.807) is 0 Å². The molecule has 0 spiro atoms. The minimum atomic E-state index is 0.177. The predicted molar refractivity (Wildman–Crippen MR) is 88.7 cm³/mol. The molecule has 1 N–H and O–H groups in total. The van der Waals surface area contributed by atoms with Gasteiger partial charge in [0.15, 0.2) is 0 Å². The fraction of sp³-hybridized carbons (Fsp3) is 0.632. The molecule has 116 valence electrons. The van der Waals surface area contributed by atoms with Gasteiger partial charge in [-0.2, -0.15) is 0 Å². The van der Waals surface area contributed by atoms with Gasteiger partial charge in [-0.15, -0.1) is 0 Å². The Morgan fingerprint density at radius 1 is 1.24 bits per heavy atom. The maximum absolute atomic E-state index is 12.1. The Hall–Kier alpha value is -1.15. The molecule has 2 rings (SSSR count). The van der Waals surface area contributed by atoms with Crippen LogP contribution in [0.15, 0.2) is 24.3 Å². The van der Waals surface area contributed by atoms with Crippen molar-refractivity contribution in [2.45, 2.75) is 58.3 Å². The summed E-state index contributed by atoms with van der Waals surface area (Å²) in [6.07, 6.45) is 4.90. The van der Waals surface area contributed by atoms with Gasteiger partial charge in [-0.05, 0) is 54.8 Å². The standard InChI is InChI=1S/C19H29NO/c1-19(2,3)17-9-6-15(7-10-17)13-18(21)11-8-16-5-4-12-20-14-16/h6-7,9-10,16,20H,4-5,8,11-14H2,1-3H3. The first-order valence-electron chi connectivity index (χ1n) is 8.27. The molecule has 0 amide bonds. The normalized spacial score (nSPS) is 19.5. The lowest BCUT2D eigenvalue weighted by molar-refractivity contribution is -0.118. The third kappa shape index (κ3) is 5.28. The molecule has 1 atom stereocenters. The van der Waals surface area contributed by atoms with Crippen LogP contribution in [-0.4, -0.2) is 18.9 Å². The van der Waals surface area contributed by atoms with E-state index in [1.807, 2.05) is 0 Å². The van der Waals surface area contributed by atoms with Gasteiger partial charge in [0.05, 0.1) is 0 Å². The van der Waals surface area contributed by atoms with Gasteiger partial charge in [0, 0.05) is 12.8 Å². The highest BCUT2D eigenvalue weighted by Gasteiger charge is 2.15. The van der Waals surface area contributed by atoms with Crippen molar-refractivity contribution < 1.29 is 4.79 Å². The Kier molecular flexibility index (Phi) is 5.58. The first kappa shape index (κ1) is 16.2. The van der Waals surface area contributed by atoms with Gasteiger partial charge >= 0.3 is 0 Å². The average molecular weight is 287 g/mol. The first-order valence-corrected chi connectivity index (χ1v) is 8.27. The number of carbonyl (C=O) groups is 1. The minimum Gasteiger partial charge on any atom is -0.316 e. The van der Waals surface area contributed by atoms with Crippen LogP contribution < -0.4 is 5.32 Å². The molecule has 0 aliphatic carbocycles. The molecule has 1 saturated heterocycles. The Balaban J connectivity index is 1.79. The Morgan fingerprint density at radius 3 is 2.52 bits per heavy atom. The summed E-state index contributed by atoms with van der Waals surface area (Å²) in [7, 11) is 0. The average Bonchev–Trinajstić information content (AvgIpc) is 2.46. The van der Waals surface area contributed by atoms with Crippen molar-refractivity contribution in [3.63, 3.8) is 0 Å². The van der Waals surface area contributed by atoms with Crippen LogP contribution in [0.1, 0.15) is 57.6 Å². The third-order valence-electron chi connectivity index (χ3n) is 4.45. The summed E-state index contributed by atoms with van der Waals surface area (Å²) in [5.41, 5.74) is 2.65. The van der Waals surface area contributed by atoms with Crippen LogP contribution in [0.5, 0.6) is 0 Å². The van der Waals surface area contributed by atoms with Gasteiger partial charge in [0.2, 0.25) is 0 Å². The quantitative estimate of drug-likeness (QED) is 0.890. The maximum atomic E-state index is 12.1. The molecule has 0 aromatic heterocycles. The maximum Gasteiger partial charge on any atom is 0.137 e. The molecule has 0 radical (unpaired) electrons. The lowest BCUT2D eigenvalue weighted by Crippen LogP contribution is -2.30. The van der Waals surface area contributed by atoms with Crippen molar-refractivity contribution in [2.75, 3.05) is 13.1 Å². The number of nitrogens with one attached hydrogen (secondary N) is 1. The minimum absolute atomic E-state index is 0.177. The van der Waals surface area contributed by atoms with E-state index in [9.17, 15) is 4.79 Å². The third-order valence-corrected chi connectivity index (χ3v) is 4.45. The number of piperidine rings is 1. The van der Waals surface area contributed by atoms with Crippen LogP contribution in [-0.2, 0) is 16.6 Å². The van der Waals surface area contributed by atoms with E-state index in [1.165, 1.54) is 18.4 Å². The number of benzene rings is 1. The van der Waals surface area contributed by atoms with Gasteiger partial charge in [-0.3, -0.25) is 4.79 Å². The fourth-order valence-corrected chi connectivity index (χ4v) is 2.97. The molecule has 0 bridgehead atoms. The number of Topliss-reactive ketones (excluding diaryl/α,β-unsaturated/α-hetero) is 1. The second-order valence-corrected chi connectivity index (χ2v) is 7.41. The molecule has 1 aliphatic heterocycles. The zero-order valence-electron chi connectivity index (χ0n) is 13.7. The lowest BCUT2D eigenvalue weighted by atomic mass is 9.86. The summed E-state index contributed by atoms with van der Waals surface area (Å²) in [6, 6.07) is 8.54. The Morgan fingerprint density at radius 2 is 1.95 bits per heavy atom. The highest BCUT2D eigenvalue weighted by atomic mass is 16.1. The van der Waals surface area contributed by atoms with Crippen molar-refractivity contribution >= 4 is 5.78 Å². The van der Waals surface area contributed by atoms with Crippen LogP contribution in [0.3, 0.4) is 0 Å². The second-order valence-electron chi connectivity index (χ2n) is 7.41. The molecule has 1 aromatic rings. The van der Waals surface area contributed by atoms with E-state index in [4.69, 9.17) is 0 Å². The van der Waals surface area contributed by atoms with Crippen LogP contribution in [0.25, 0.3) is 0 Å². The molecule has 1 fully saturated rings. The molecular formula is C19H29NO. The predicted octanol–water partition coefficient (Wildman–Crippen LogP) is 3.88. The van der Waals surface area contributed by atoms with Gasteiger partial charge in [-0.25, -0.2) is 0 Å². The summed E-state index contributed by atoms with van der Waals surface area (Å²) in [5.74, 6) is 1.08. The van der Waals surface area contributed by atoms with Crippen LogP contribution >= 0.6 is 0 Å². The van der Waals surface area contributed by atoms with E-state index < -0.39 is 0 Å². The van der Waals surface area contributed by atoms with Crippen molar-refractivity contribution in [2.24, 2.45) is 5.92 Å². The molecule has 1 aliphatic rings. The smallest absolute Gasteiger partial charge is 0.137 e. The van der Waals surface area contributed by atoms with Crippen molar-refractivity contribution in [3.05, 3.63) is 35.4 Å². The number of carbonyl (C=O) groups excluding carboxylic acids is 1. The summed E-state index contributed by atoms with van der Waals surface area (Å²) >= 11 is 0. The number of hydrogen-bond acceptors (Lipinski definition) is 2. The largest absolute Gasteiger partial charge is 0.316 e. The van der Waals surface area contributed by atoms with Crippen LogP contribution in [0.4, 0.5) is 0 Å². The van der Waals surface area contributed by atoms with Crippen LogP contribution in [0.2, 0.25) is 0 Å². The monoisotopic (exact) mass is 287 g/mol. The summed E-state index contributed by atoms with van der Waals surface area (Å²) in [5, 5.41) is 3.42. The summed E-state index contributed by atoms with van der Waals surface area (Å²) in [4.78, 5) is 12.1. The van der Waals surface area contributed by atoms with Crippen molar-refractivity contribution in [1.82, 2.24) is 5.32 Å². The topological polar surface area (TPSA) is 29.1 Å². The fourth-order valence-electron chi connectivity index (χ4n) is 2.97. The van der Waals surface area contributed by atoms with E-state index in [0.717, 1.165) is 31.5 Å². The number of hydrogen-bond donors (Lipinski definition) is 1. The number of rotatable bonds is 5. The Bertz CT molecular complexity index is 449. The summed E-state index contributed by atoms with van der Waals surface area (Å²) in [6.45, 7) is 8.88. The SMILES string of the molecule is CC(C)(C)c1ccc(CC(=O)CCC2CCCNC2)cc1. The van der Waals surface area contributed by atoms with Gasteiger partial charge in [-0.1, -0.05) is 45.0 Å². The van der Waals surface area contributed by atoms with E-state index >= 15 is 0 Å². The number of ketones is 1. The Labute approximate surface area is 129 Å². The van der Waals surface area contributed by atoms with Gasteiger partial charge in [0.25, 0.3) is 0 Å². The molecule has 1 unspecified atom stereocenters. The zero-order chi connectivity index (χ0) is 15.3. The van der Waals surface area contributed by atoms with Crippen molar-refractivity contribution in [1.29, 1.82) is 0 Å². The van der Waals surface area contributed by atoms with Gasteiger partial charge in [0.1, 0.15) is 5.78 Å². The zero-order valence-corrected chi connectivity index (χ0v) is 13.7. The second kappa shape index (κ2) is 7.22. The summed E-state index contributed by atoms with van der Waals surface area (Å²) < 4.78 is 0. The van der Waals surface area contributed by atoms with Crippen molar-refractivity contribution in [3.8, 4) is 0 Å². The molecule has 2 nitrogen and oxygen atoms in total. The van der Waals surface area contributed by atoms with E-state index in [-0.39, 0.29) is 5.41 Å². The molecule has 21 heavy (non-hydrogen) atoms. The highest BCUT2D eigenvalue weighted by Crippen LogP contribution is 2.22. The van der Waals surface area contributed by atoms with E-state index in [0.29, 0.717) is 18.1 Å². The van der Waals surface area contributed by atoms with Crippen LogP contribution in [0, 0.1) is 5.92 Å². The molecule has 2 heteroatoms. The highest BCUT2D eigenvalue weighted by molar-refractivity contribution is 5.80. The van der Waals surface area contributed by atoms with Gasteiger partial charge < -0.3 is 5.32 Å². The van der Waals surface area contributed by atoms with E-state index in [2.05, 4.69) is 50.4 Å².